The molecule has 0 aliphatic carbocycles. The third kappa shape index (κ3) is 3.69. The number of anilines is 1. The average Bonchev–Trinajstić information content (AvgIpc) is 2.27. The van der Waals surface area contributed by atoms with Crippen molar-refractivity contribution in [1.29, 1.82) is 0 Å². The van der Waals surface area contributed by atoms with E-state index < -0.39 is 17.0 Å². The Labute approximate surface area is 107 Å². The van der Waals surface area contributed by atoms with Crippen molar-refractivity contribution in [3.05, 3.63) is 28.8 Å². The van der Waals surface area contributed by atoms with Gasteiger partial charge in [0.05, 0.1) is 18.4 Å². The summed E-state index contributed by atoms with van der Waals surface area (Å²) in [5.41, 5.74) is 0.747. The van der Waals surface area contributed by atoms with Crippen LogP contribution in [-0.4, -0.2) is 34.8 Å². The van der Waals surface area contributed by atoms with Gasteiger partial charge in [-0.15, -0.1) is 0 Å². The Bertz CT molecular complexity index is 452. The largest absolute Gasteiger partial charge is 0.465 e. The van der Waals surface area contributed by atoms with Crippen molar-refractivity contribution in [3.63, 3.8) is 0 Å². The SMILES string of the molecule is COC(=O)c1ccc(Cl)cc1N(C)CS(=O)O. The first-order valence-corrected chi connectivity index (χ1v) is 6.27. The van der Waals surface area contributed by atoms with Crippen molar-refractivity contribution in [2.75, 3.05) is 24.9 Å². The summed E-state index contributed by atoms with van der Waals surface area (Å²) in [7, 11) is 2.86. The number of methoxy groups -OCH3 is 1. The van der Waals surface area contributed by atoms with Crippen LogP contribution in [0.2, 0.25) is 5.02 Å². The highest BCUT2D eigenvalue weighted by Crippen LogP contribution is 2.24. The topological polar surface area (TPSA) is 66.8 Å². The summed E-state index contributed by atoms with van der Waals surface area (Å²) < 4.78 is 24.2. The molecule has 94 valence electrons. The van der Waals surface area contributed by atoms with E-state index in [4.69, 9.17) is 16.2 Å². The van der Waals surface area contributed by atoms with E-state index in [1.54, 1.807) is 19.2 Å². The first-order chi connectivity index (χ1) is 7.95. The first kappa shape index (κ1) is 14.0. The first-order valence-electron chi connectivity index (χ1n) is 4.62. The average molecular weight is 278 g/mol. The van der Waals surface area contributed by atoms with Crippen LogP contribution in [0.15, 0.2) is 18.2 Å². The summed E-state index contributed by atoms with van der Waals surface area (Å²) in [6.07, 6.45) is 0. The Kier molecular flexibility index (Phi) is 4.92. The van der Waals surface area contributed by atoms with Crippen LogP contribution < -0.4 is 4.90 Å². The second-order valence-electron chi connectivity index (χ2n) is 3.30. The van der Waals surface area contributed by atoms with Crippen LogP contribution in [0.25, 0.3) is 0 Å². The number of carbonyl (C=O) groups excluding carboxylic acids is 1. The molecule has 1 N–H and O–H groups in total. The Morgan fingerprint density at radius 2 is 2.24 bits per heavy atom. The van der Waals surface area contributed by atoms with Crippen molar-refractivity contribution in [2.45, 2.75) is 0 Å². The van der Waals surface area contributed by atoms with Crippen molar-refractivity contribution in [2.24, 2.45) is 0 Å². The van der Waals surface area contributed by atoms with Gasteiger partial charge in [0.2, 0.25) is 0 Å². The highest BCUT2D eigenvalue weighted by molar-refractivity contribution is 7.79. The second kappa shape index (κ2) is 6.00. The highest BCUT2D eigenvalue weighted by Gasteiger charge is 2.16. The number of ether oxygens (including phenoxy) is 1. The van der Waals surface area contributed by atoms with Crippen molar-refractivity contribution in [3.8, 4) is 0 Å². The number of carbonyl (C=O) groups is 1. The van der Waals surface area contributed by atoms with Crippen molar-refractivity contribution < 1.29 is 18.3 Å². The van der Waals surface area contributed by atoms with Crippen LogP contribution in [-0.2, 0) is 15.8 Å². The maximum absolute atomic E-state index is 11.5. The number of rotatable bonds is 4. The molecule has 5 nitrogen and oxygen atoms in total. The predicted octanol–water partition coefficient (Wildman–Crippen LogP) is 1.74. The molecule has 0 aliphatic rings. The fourth-order valence-electron chi connectivity index (χ4n) is 1.34. The van der Waals surface area contributed by atoms with Gasteiger partial charge >= 0.3 is 5.97 Å². The summed E-state index contributed by atoms with van der Waals surface area (Å²) >= 11 is 3.83. The number of hydrogen-bond donors (Lipinski definition) is 1. The molecule has 1 rings (SSSR count). The monoisotopic (exact) mass is 277 g/mol. The maximum atomic E-state index is 11.5. The lowest BCUT2D eigenvalue weighted by Crippen LogP contribution is -2.24. The number of nitrogens with zero attached hydrogens (tertiary/aromatic N) is 1. The third-order valence-corrected chi connectivity index (χ3v) is 2.92. The van der Waals surface area contributed by atoms with E-state index in [2.05, 4.69) is 4.74 Å². The van der Waals surface area contributed by atoms with Crippen LogP contribution in [0.4, 0.5) is 5.69 Å². The lowest BCUT2D eigenvalue weighted by molar-refractivity contribution is 0.0601. The molecular formula is C10H12ClNO4S. The van der Waals surface area contributed by atoms with Crippen molar-refractivity contribution in [1.82, 2.24) is 0 Å². The molecule has 0 heterocycles. The Hall–Kier alpha value is -1.11. The summed E-state index contributed by atoms with van der Waals surface area (Å²) in [5.74, 6) is -0.642. The Morgan fingerprint density at radius 1 is 1.59 bits per heavy atom. The molecule has 0 saturated carbocycles. The molecule has 1 aromatic carbocycles. The molecule has 0 bridgehead atoms. The van der Waals surface area contributed by atoms with Gasteiger partial charge < -0.3 is 14.2 Å². The molecule has 1 aromatic rings. The standard InChI is InChI=1S/C10H12ClNO4S/c1-12(6-17(14)15)9-5-7(11)3-4-8(9)10(13)16-2/h3-5H,6H2,1-2H3,(H,14,15). The minimum absolute atomic E-state index is 0.121. The van der Waals surface area contributed by atoms with Crippen LogP contribution in [0.3, 0.4) is 0 Å². The molecule has 0 amide bonds. The van der Waals surface area contributed by atoms with E-state index in [9.17, 15) is 9.00 Å². The minimum Gasteiger partial charge on any atom is -0.465 e. The normalized spacial score (nSPS) is 12.0. The fraction of sp³-hybridized carbons (Fsp3) is 0.300. The zero-order chi connectivity index (χ0) is 13.0. The molecule has 0 aromatic heterocycles. The van der Waals surface area contributed by atoms with E-state index in [1.807, 2.05) is 0 Å². The number of esters is 1. The zero-order valence-electron chi connectivity index (χ0n) is 9.34. The van der Waals surface area contributed by atoms with E-state index in [-0.39, 0.29) is 5.88 Å². The maximum Gasteiger partial charge on any atom is 0.339 e. The van der Waals surface area contributed by atoms with Crippen LogP contribution in [0.5, 0.6) is 0 Å². The molecule has 17 heavy (non-hydrogen) atoms. The summed E-state index contributed by atoms with van der Waals surface area (Å²) in [5, 5.41) is 0.434. The van der Waals surface area contributed by atoms with Crippen LogP contribution in [0, 0.1) is 0 Å². The minimum atomic E-state index is -2.00. The number of halogens is 1. The highest BCUT2D eigenvalue weighted by atomic mass is 35.5. The van der Waals surface area contributed by atoms with Crippen LogP contribution in [0.1, 0.15) is 10.4 Å². The van der Waals surface area contributed by atoms with Gasteiger partial charge in [-0.25, -0.2) is 9.00 Å². The Balaban J connectivity index is 3.14. The van der Waals surface area contributed by atoms with Gasteiger partial charge in [-0.1, -0.05) is 11.6 Å². The molecule has 0 aliphatic heterocycles. The predicted molar refractivity (Wildman–Crippen MR) is 66.8 cm³/mol. The fourth-order valence-corrected chi connectivity index (χ4v) is 1.98. The van der Waals surface area contributed by atoms with Gasteiger partial charge in [0.1, 0.15) is 5.88 Å². The van der Waals surface area contributed by atoms with Gasteiger partial charge in [-0.2, -0.15) is 0 Å². The molecule has 0 spiro atoms. The number of hydrogen-bond acceptors (Lipinski definition) is 4. The van der Waals surface area contributed by atoms with E-state index in [0.717, 1.165) is 0 Å². The van der Waals surface area contributed by atoms with Crippen LogP contribution >= 0.6 is 11.6 Å². The quantitative estimate of drug-likeness (QED) is 0.671. The van der Waals surface area contributed by atoms with Gasteiger partial charge in [-0.3, -0.25) is 0 Å². The lowest BCUT2D eigenvalue weighted by atomic mass is 10.1. The third-order valence-electron chi connectivity index (χ3n) is 2.08. The van der Waals surface area contributed by atoms with Gasteiger partial charge in [0.15, 0.2) is 11.1 Å². The molecule has 7 heteroatoms. The van der Waals surface area contributed by atoms with Gasteiger partial charge in [-0.05, 0) is 18.2 Å². The summed E-state index contributed by atoms with van der Waals surface area (Å²) in [4.78, 5) is 13.0. The summed E-state index contributed by atoms with van der Waals surface area (Å²) in [6, 6.07) is 4.61. The molecule has 0 saturated heterocycles. The number of benzene rings is 1. The Morgan fingerprint density at radius 3 is 2.76 bits per heavy atom. The molecule has 1 atom stereocenters. The van der Waals surface area contributed by atoms with Crippen molar-refractivity contribution >= 4 is 34.3 Å². The molecule has 0 radical (unpaired) electrons. The van der Waals surface area contributed by atoms with E-state index >= 15 is 0 Å². The molecule has 1 unspecified atom stereocenters. The smallest absolute Gasteiger partial charge is 0.339 e. The van der Waals surface area contributed by atoms with Gasteiger partial charge in [0, 0.05) is 12.1 Å². The molecule has 0 fully saturated rings. The zero-order valence-corrected chi connectivity index (χ0v) is 10.9. The molecular weight excluding hydrogens is 266 g/mol. The second-order valence-corrected chi connectivity index (χ2v) is 4.64. The van der Waals surface area contributed by atoms with Gasteiger partial charge in [0.25, 0.3) is 0 Å². The van der Waals surface area contributed by atoms with E-state index in [1.165, 1.54) is 18.1 Å². The summed E-state index contributed by atoms with van der Waals surface area (Å²) in [6.45, 7) is 0. The van der Waals surface area contributed by atoms with E-state index in [0.29, 0.717) is 16.3 Å². The lowest BCUT2D eigenvalue weighted by Gasteiger charge is -2.20.